The highest BCUT2D eigenvalue weighted by atomic mass is 127. The summed E-state index contributed by atoms with van der Waals surface area (Å²) >= 11 is 2.58. The average molecular weight is 364 g/mol. The van der Waals surface area contributed by atoms with Gasteiger partial charge in [-0.25, -0.2) is 0 Å². The third-order valence-corrected chi connectivity index (χ3v) is 13.9. The van der Waals surface area contributed by atoms with E-state index in [1.165, 1.54) is 12.8 Å². The molecule has 0 nitrogen and oxygen atoms in total. The van der Waals surface area contributed by atoms with Gasteiger partial charge in [-0.3, -0.25) is 0 Å². The van der Waals surface area contributed by atoms with E-state index in [4.69, 9.17) is 0 Å². The number of hydrogen-bond acceptors (Lipinski definition) is 0. The van der Waals surface area contributed by atoms with Gasteiger partial charge in [0.25, 0.3) is 0 Å². The van der Waals surface area contributed by atoms with E-state index >= 15 is 0 Å². The molecule has 0 amide bonds. The van der Waals surface area contributed by atoms with E-state index in [2.05, 4.69) is 77.2 Å². The molecule has 0 saturated carbocycles. The molecule has 1 aliphatic carbocycles. The summed E-state index contributed by atoms with van der Waals surface area (Å²) in [5.41, 5.74) is 3.00. The van der Waals surface area contributed by atoms with Gasteiger partial charge in [0.1, 0.15) is 0 Å². The first-order chi connectivity index (χ1) is 7.39. The topological polar surface area (TPSA) is 0 Å². The lowest BCUT2D eigenvalue weighted by atomic mass is 9.79. The van der Waals surface area contributed by atoms with Crippen LogP contribution in [0.25, 0.3) is 0 Å². The second kappa shape index (κ2) is 4.66. The van der Waals surface area contributed by atoms with Crippen LogP contribution in [0, 0.1) is 5.41 Å². The van der Waals surface area contributed by atoms with Crippen LogP contribution in [0.3, 0.4) is 0 Å². The molecule has 0 bridgehead atoms. The van der Waals surface area contributed by atoms with Crippen LogP contribution < -0.4 is 0 Å². The quantitative estimate of drug-likeness (QED) is 0.373. The zero-order valence-electron chi connectivity index (χ0n) is 12.9. The predicted octanol–water partition coefficient (Wildman–Crippen LogP) is 6.39. The molecule has 0 radical (unpaired) electrons. The van der Waals surface area contributed by atoms with E-state index in [-0.39, 0.29) is 0 Å². The monoisotopic (exact) mass is 364 g/mol. The third-order valence-electron chi connectivity index (χ3n) is 5.23. The van der Waals surface area contributed by atoms with E-state index in [1.807, 2.05) is 0 Å². The third kappa shape index (κ3) is 2.99. The zero-order chi connectivity index (χ0) is 13.6. The van der Waals surface area contributed by atoms with Crippen LogP contribution in [0.1, 0.15) is 54.4 Å². The molecule has 100 valence electrons. The molecule has 1 aliphatic rings. The lowest BCUT2D eigenvalue weighted by Gasteiger charge is -2.49. The highest BCUT2D eigenvalue weighted by molar-refractivity contribution is 14.1. The minimum Gasteiger partial charge on any atom is -0.0688 e. The van der Waals surface area contributed by atoms with Crippen molar-refractivity contribution in [3.05, 3.63) is 9.15 Å². The fraction of sp³-hybridized carbons (Fsp3) is 0.867. The van der Waals surface area contributed by atoms with Crippen molar-refractivity contribution in [2.75, 3.05) is 0 Å². The van der Waals surface area contributed by atoms with E-state index in [0.29, 0.717) is 10.5 Å². The molecule has 17 heavy (non-hydrogen) atoms. The van der Waals surface area contributed by atoms with Crippen molar-refractivity contribution in [3.8, 4) is 0 Å². The Morgan fingerprint density at radius 2 is 1.71 bits per heavy atom. The van der Waals surface area contributed by atoms with Gasteiger partial charge < -0.3 is 0 Å². The first kappa shape index (κ1) is 15.7. The Balaban J connectivity index is 3.07. The van der Waals surface area contributed by atoms with Crippen LogP contribution in [0.15, 0.2) is 9.15 Å². The standard InChI is InChI=1S/C15H29ISi/c1-11-9-12(10-15(5,6)13(11)16)17(7,8)14(2,3)4/h12H,9-10H2,1-8H3. The molecule has 2 heteroatoms. The molecule has 1 unspecified atom stereocenters. The summed E-state index contributed by atoms with van der Waals surface area (Å²) in [6, 6.07) is 0. The number of halogens is 1. The molecule has 1 rings (SSSR count). The second-order valence-corrected chi connectivity index (χ2v) is 14.9. The van der Waals surface area contributed by atoms with Crippen molar-refractivity contribution in [2.24, 2.45) is 5.41 Å². The van der Waals surface area contributed by atoms with E-state index < -0.39 is 8.07 Å². The maximum absolute atomic E-state index is 2.60. The number of allylic oxidation sites excluding steroid dienone is 2. The SMILES string of the molecule is CC1=C(I)C(C)(C)CC([Si](C)(C)C(C)(C)C)C1. The van der Waals surface area contributed by atoms with E-state index in [1.54, 1.807) is 9.15 Å². The Kier molecular flexibility index (Phi) is 4.31. The van der Waals surface area contributed by atoms with Gasteiger partial charge in [0.2, 0.25) is 0 Å². The molecular weight excluding hydrogens is 335 g/mol. The molecule has 0 N–H and O–H groups in total. The molecule has 0 aromatic heterocycles. The Morgan fingerprint density at radius 3 is 2.06 bits per heavy atom. The molecule has 0 saturated heterocycles. The fourth-order valence-electron chi connectivity index (χ4n) is 2.94. The maximum Gasteiger partial charge on any atom is 0.0562 e. The van der Waals surface area contributed by atoms with Crippen LogP contribution in [0.2, 0.25) is 23.7 Å². The summed E-state index contributed by atoms with van der Waals surface area (Å²) < 4.78 is 1.62. The average Bonchev–Trinajstić information content (AvgIpc) is 2.11. The van der Waals surface area contributed by atoms with Gasteiger partial charge >= 0.3 is 0 Å². The summed E-state index contributed by atoms with van der Waals surface area (Å²) in [5.74, 6) is 0. The van der Waals surface area contributed by atoms with Crippen molar-refractivity contribution < 1.29 is 0 Å². The first-order valence-electron chi connectivity index (χ1n) is 6.75. The van der Waals surface area contributed by atoms with Crippen molar-refractivity contribution in [1.82, 2.24) is 0 Å². The minimum atomic E-state index is -1.20. The lowest BCUT2D eigenvalue weighted by Crippen LogP contribution is -2.45. The molecule has 0 spiro atoms. The summed E-state index contributed by atoms with van der Waals surface area (Å²) in [6.45, 7) is 19.7. The number of rotatable bonds is 1. The summed E-state index contributed by atoms with van der Waals surface area (Å²) in [7, 11) is -1.20. The lowest BCUT2D eigenvalue weighted by molar-refractivity contribution is 0.382. The Hall–Kier alpha value is 0.687. The molecule has 0 aromatic carbocycles. The van der Waals surface area contributed by atoms with Gasteiger partial charge in [0.15, 0.2) is 0 Å². The van der Waals surface area contributed by atoms with Crippen molar-refractivity contribution in [3.63, 3.8) is 0 Å². The molecule has 0 heterocycles. The van der Waals surface area contributed by atoms with Gasteiger partial charge in [-0.05, 0) is 61.9 Å². The smallest absolute Gasteiger partial charge is 0.0562 e. The normalized spacial score (nSPS) is 26.3. The molecule has 0 aliphatic heterocycles. The van der Waals surface area contributed by atoms with Crippen LogP contribution in [0.4, 0.5) is 0 Å². The molecule has 1 atom stereocenters. The van der Waals surface area contributed by atoms with Crippen molar-refractivity contribution in [2.45, 2.75) is 78.1 Å². The Morgan fingerprint density at radius 1 is 1.24 bits per heavy atom. The summed E-state index contributed by atoms with van der Waals surface area (Å²) in [5, 5.41) is 0.511. The van der Waals surface area contributed by atoms with Gasteiger partial charge in [-0.1, -0.05) is 53.3 Å². The van der Waals surface area contributed by atoms with Crippen LogP contribution >= 0.6 is 22.6 Å². The summed E-state index contributed by atoms with van der Waals surface area (Å²) in [6.07, 6.45) is 2.73. The highest BCUT2D eigenvalue weighted by Gasteiger charge is 2.46. The number of hydrogen-bond donors (Lipinski definition) is 0. The Labute approximate surface area is 123 Å². The van der Waals surface area contributed by atoms with E-state index in [0.717, 1.165) is 5.54 Å². The van der Waals surface area contributed by atoms with Gasteiger partial charge in [-0.15, -0.1) is 0 Å². The predicted molar refractivity (Wildman–Crippen MR) is 90.7 cm³/mol. The van der Waals surface area contributed by atoms with Crippen LogP contribution in [0.5, 0.6) is 0 Å². The maximum atomic E-state index is 2.60. The second-order valence-electron chi connectivity index (χ2n) is 8.06. The largest absolute Gasteiger partial charge is 0.0688 e. The molecule has 0 fully saturated rings. The van der Waals surface area contributed by atoms with Gasteiger partial charge in [0.05, 0.1) is 8.07 Å². The zero-order valence-corrected chi connectivity index (χ0v) is 16.0. The summed E-state index contributed by atoms with van der Waals surface area (Å²) in [4.78, 5) is 0. The van der Waals surface area contributed by atoms with Crippen LogP contribution in [-0.2, 0) is 0 Å². The highest BCUT2D eigenvalue weighted by Crippen LogP contribution is 2.56. The van der Waals surface area contributed by atoms with Crippen molar-refractivity contribution in [1.29, 1.82) is 0 Å². The van der Waals surface area contributed by atoms with Gasteiger partial charge in [0, 0.05) is 0 Å². The first-order valence-corrected chi connectivity index (χ1v) is 10.9. The fourth-order valence-corrected chi connectivity index (χ4v) is 6.44. The van der Waals surface area contributed by atoms with Crippen LogP contribution in [-0.4, -0.2) is 8.07 Å². The molecular formula is C15H29ISi. The van der Waals surface area contributed by atoms with Crippen molar-refractivity contribution >= 4 is 30.7 Å². The van der Waals surface area contributed by atoms with E-state index in [9.17, 15) is 0 Å². The van der Waals surface area contributed by atoms with Gasteiger partial charge in [-0.2, -0.15) is 0 Å². The Bertz CT molecular complexity index is 331. The minimum absolute atomic E-state index is 0.406. The molecule has 0 aromatic rings.